The quantitative estimate of drug-likeness (QED) is 0.650. The van der Waals surface area contributed by atoms with Crippen molar-refractivity contribution in [2.75, 3.05) is 5.73 Å². The van der Waals surface area contributed by atoms with Gasteiger partial charge in [-0.15, -0.1) is 0 Å². The average molecular weight is 243 g/mol. The molecule has 92 valence electrons. The Kier molecular flexibility index (Phi) is 3.15. The standard InChI is InChI=1S/C15H14FNO/c1-9-3-4-11(7-10(9)2)15(18)12-5-6-13(16)14(17)8-12/h3-8H,17H2,1-2H3. The van der Waals surface area contributed by atoms with Gasteiger partial charge in [-0.3, -0.25) is 4.79 Å². The van der Waals surface area contributed by atoms with Crippen LogP contribution in [0.3, 0.4) is 0 Å². The Labute approximate surface area is 105 Å². The van der Waals surface area contributed by atoms with Crippen molar-refractivity contribution in [3.8, 4) is 0 Å². The number of aryl methyl sites for hydroxylation is 2. The van der Waals surface area contributed by atoms with E-state index >= 15 is 0 Å². The third-order valence-corrected chi connectivity index (χ3v) is 3.03. The minimum atomic E-state index is -0.508. The molecule has 0 spiro atoms. The van der Waals surface area contributed by atoms with E-state index in [-0.39, 0.29) is 11.5 Å². The predicted molar refractivity (Wildman–Crippen MR) is 70.2 cm³/mol. The van der Waals surface area contributed by atoms with Crippen LogP contribution in [0, 0.1) is 19.7 Å². The molecule has 0 heterocycles. The van der Waals surface area contributed by atoms with Crippen molar-refractivity contribution < 1.29 is 9.18 Å². The average Bonchev–Trinajstić information content (AvgIpc) is 2.35. The second-order valence-electron chi connectivity index (χ2n) is 4.36. The second kappa shape index (κ2) is 4.61. The van der Waals surface area contributed by atoms with Crippen molar-refractivity contribution in [2.45, 2.75) is 13.8 Å². The summed E-state index contributed by atoms with van der Waals surface area (Å²) in [6.45, 7) is 3.94. The summed E-state index contributed by atoms with van der Waals surface area (Å²) < 4.78 is 13.0. The van der Waals surface area contributed by atoms with E-state index in [4.69, 9.17) is 5.73 Å². The van der Waals surface area contributed by atoms with Crippen molar-refractivity contribution in [3.05, 3.63) is 64.5 Å². The third-order valence-electron chi connectivity index (χ3n) is 3.03. The van der Waals surface area contributed by atoms with Crippen LogP contribution in [0.5, 0.6) is 0 Å². The van der Waals surface area contributed by atoms with Gasteiger partial charge in [-0.25, -0.2) is 4.39 Å². The van der Waals surface area contributed by atoms with Crippen LogP contribution in [0.4, 0.5) is 10.1 Å². The van der Waals surface area contributed by atoms with Gasteiger partial charge in [-0.05, 0) is 49.2 Å². The molecule has 0 fully saturated rings. The first kappa shape index (κ1) is 12.3. The highest BCUT2D eigenvalue weighted by atomic mass is 19.1. The van der Waals surface area contributed by atoms with Crippen LogP contribution in [0.15, 0.2) is 36.4 Å². The van der Waals surface area contributed by atoms with E-state index in [2.05, 4.69) is 0 Å². The molecule has 18 heavy (non-hydrogen) atoms. The van der Waals surface area contributed by atoms with Crippen molar-refractivity contribution >= 4 is 11.5 Å². The van der Waals surface area contributed by atoms with Gasteiger partial charge in [0.05, 0.1) is 5.69 Å². The van der Waals surface area contributed by atoms with E-state index in [1.807, 2.05) is 26.0 Å². The number of carbonyl (C=O) groups excluding carboxylic acids is 1. The van der Waals surface area contributed by atoms with E-state index in [1.54, 1.807) is 6.07 Å². The monoisotopic (exact) mass is 243 g/mol. The molecule has 0 aromatic heterocycles. The molecule has 2 N–H and O–H groups in total. The molecule has 2 aromatic carbocycles. The zero-order valence-corrected chi connectivity index (χ0v) is 10.3. The molecular weight excluding hydrogens is 229 g/mol. The van der Waals surface area contributed by atoms with Gasteiger partial charge in [0.15, 0.2) is 5.78 Å². The van der Waals surface area contributed by atoms with E-state index in [1.165, 1.54) is 18.2 Å². The number of ketones is 1. The topological polar surface area (TPSA) is 43.1 Å². The summed E-state index contributed by atoms with van der Waals surface area (Å²) in [5.74, 6) is -0.656. The Bertz CT molecular complexity index is 566. The first-order valence-electron chi connectivity index (χ1n) is 5.66. The molecule has 3 heteroatoms. The smallest absolute Gasteiger partial charge is 0.193 e. The van der Waals surface area contributed by atoms with E-state index in [0.717, 1.165) is 11.1 Å². The minimum absolute atomic E-state index is 0.00955. The summed E-state index contributed by atoms with van der Waals surface area (Å²) >= 11 is 0. The molecule has 0 bridgehead atoms. The highest BCUT2D eigenvalue weighted by Crippen LogP contribution is 2.17. The van der Waals surface area contributed by atoms with E-state index in [0.29, 0.717) is 11.1 Å². The summed E-state index contributed by atoms with van der Waals surface area (Å²) in [7, 11) is 0. The fourth-order valence-electron chi connectivity index (χ4n) is 1.73. The first-order valence-corrected chi connectivity index (χ1v) is 5.66. The second-order valence-corrected chi connectivity index (χ2v) is 4.36. The molecule has 2 aromatic rings. The lowest BCUT2D eigenvalue weighted by atomic mass is 9.99. The van der Waals surface area contributed by atoms with Crippen molar-refractivity contribution in [3.63, 3.8) is 0 Å². The highest BCUT2D eigenvalue weighted by Gasteiger charge is 2.11. The molecule has 0 amide bonds. The van der Waals surface area contributed by atoms with Crippen LogP contribution in [-0.4, -0.2) is 5.78 Å². The van der Waals surface area contributed by atoms with Gasteiger partial charge < -0.3 is 5.73 Å². The van der Waals surface area contributed by atoms with Crippen molar-refractivity contribution in [1.82, 2.24) is 0 Å². The molecule has 0 saturated carbocycles. The van der Waals surface area contributed by atoms with Crippen LogP contribution in [0.1, 0.15) is 27.0 Å². The van der Waals surface area contributed by atoms with Gasteiger partial charge in [0.1, 0.15) is 5.82 Å². The van der Waals surface area contributed by atoms with Crippen LogP contribution in [-0.2, 0) is 0 Å². The maximum absolute atomic E-state index is 13.0. The number of hydrogen-bond acceptors (Lipinski definition) is 2. The molecule has 0 saturated heterocycles. The third kappa shape index (κ3) is 2.25. The Balaban J connectivity index is 2.41. The molecule has 0 aliphatic heterocycles. The summed E-state index contributed by atoms with van der Waals surface area (Å²) in [6, 6.07) is 9.52. The summed E-state index contributed by atoms with van der Waals surface area (Å²) in [5.41, 5.74) is 8.62. The molecule has 2 rings (SSSR count). The highest BCUT2D eigenvalue weighted by molar-refractivity contribution is 6.09. The number of carbonyl (C=O) groups is 1. The van der Waals surface area contributed by atoms with Gasteiger partial charge in [0.25, 0.3) is 0 Å². The van der Waals surface area contributed by atoms with Crippen molar-refractivity contribution in [1.29, 1.82) is 0 Å². The summed E-state index contributed by atoms with van der Waals surface area (Å²) in [5, 5.41) is 0. The predicted octanol–water partition coefficient (Wildman–Crippen LogP) is 3.26. The molecule has 0 aliphatic carbocycles. The molecule has 0 atom stereocenters. The lowest BCUT2D eigenvalue weighted by molar-refractivity contribution is 0.103. The van der Waals surface area contributed by atoms with Crippen LogP contribution in [0.25, 0.3) is 0 Å². The maximum atomic E-state index is 13.0. The molecule has 0 radical (unpaired) electrons. The van der Waals surface area contributed by atoms with Gasteiger partial charge in [-0.2, -0.15) is 0 Å². The molecular formula is C15H14FNO. The fraction of sp³-hybridized carbons (Fsp3) is 0.133. The summed E-state index contributed by atoms with van der Waals surface area (Å²) in [4.78, 5) is 12.2. The zero-order chi connectivity index (χ0) is 13.3. The number of nitrogens with two attached hydrogens (primary N) is 1. The normalized spacial score (nSPS) is 10.4. The lowest BCUT2D eigenvalue weighted by Crippen LogP contribution is -2.04. The fourth-order valence-corrected chi connectivity index (χ4v) is 1.73. The largest absolute Gasteiger partial charge is 0.396 e. The molecule has 0 unspecified atom stereocenters. The van der Waals surface area contributed by atoms with E-state index in [9.17, 15) is 9.18 Å². The van der Waals surface area contributed by atoms with Gasteiger partial charge >= 0.3 is 0 Å². The summed E-state index contributed by atoms with van der Waals surface area (Å²) in [6.07, 6.45) is 0. The van der Waals surface area contributed by atoms with Crippen molar-refractivity contribution in [2.24, 2.45) is 0 Å². The van der Waals surface area contributed by atoms with Crippen LogP contribution < -0.4 is 5.73 Å². The number of benzene rings is 2. The lowest BCUT2D eigenvalue weighted by Gasteiger charge is -2.06. The number of halogens is 1. The van der Waals surface area contributed by atoms with Gasteiger partial charge in [0, 0.05) is 11.1 Å². The number of nitrogen functional groups attached to an aromatic ring is 1. The number of hydrogen-bond donors (Lipinski definition) is 1. The van der Waals surface area contributed by atoms with Crippen LogP contribution >= 0.6 is 0 Å². The Morgan fingerprint density at radius 1 is 1.00 bits per heavy atom. The minimum Gasteiger partial charge on any atom is -0.396 e. The zero-order valence-electron chi connectivity index (χ0n) is 10.3. The van der Waals surface area contributed by atoms with Crippen LogP contribution in [0.2, 0.25) is 0 Å². The Hall–Kier alpha value is -2.16. The van der Waals surface area contributed by atoms with Gasteiger partial charge in [0.2, 0.25) is 0 Å². The Morgan fingerprint density at radius 3 is 2.22 bits per heavy atom. The van der Waals surface area contributed by atoms with Gasteiger partial charge in [-0.1, -0.05) is 12.1 Å². The maximum Gasteiger partial charge on any atom is 0.193 e. The number of rotatable bonds is 2. The first-order chi connectivity index (χ1) is 8.49. The molecule has 2 nitrogen and oxygen atoms in total. The molecule has 0 aliphatic rings. The van der Waals surface area contributed by atoms with E-state index < -0.39 is 5.82 Å². The Morgan fingerprint density at radius 2 is 1.61 bits per heavy atom. The SMILES string of the molecule is Cc1ccc(C(=O)c2ccc(F)c(N)c2)cc1C. The number of anilines is 1.